The molecule has 1 aliphatic rings. The highest BCUT2D eigenvalue weighted by molar-refractivity contribution is 6.33. The zero-order valence-corrected chi connectivity index (χ0v) is 21.1. The molecule has 1 aromatic heterocycles. The van der Waals surface area contributed by atoms with Crippen molar-refractivity contribution in [2.45, 2.75) is 25.9 Å². The number of phenols is 1. The highest BCUT2D eigenvalue weighted by atomic mass is 35.5. The highest BCUT2D eigenvalue weighted by Crippen LogP contribution is 2.42. The summed E-state index contributed by atoms with van der Waals surface area (Å²) in [6.07, 6.45) is 2.69. The molecule has 182 valence electrons. The number of phenolic OH excluding ortho intramolecular Hbond substituents is 1. The number of benzene rings is 3. The van der Waals surface area contributed by atoms with Crippen molar-refractivity contribution in [1.82, 2.24) is 10.1 Å². The molecule has 5 rings (SSSR count). The van der Waals surface area contributed by atoms with Crippen molar-refractivity contribution in [3.05, 3.63) is 77.8 Å². The fraction of sp³-hybridized carbons (Fsp3) is 0.250. The van der Waals surface area contributed by atoms with Crippen LogP contribution in [0.2, 0.25) is 5.02 Å². The molecule has 1 N–H and O–H groups in total. The first-order valence-electron chi connectivity index (χ1n) is 11.7. The molecule has 7 heteroatoms. The van der Waals surface area contributed by atoms with Crippen LogP contribution >= 0.6 is 24.0 Å². The maximum atomic E-state index is 9.72. The average Bonchev–Trinajstić information content (AvgIpc) is 3.26. The van der Waals surface area contributed by atoms with Gasteiger partial charge in [-0.05, 0) is 61.0 Å². The number of aromatic nitrogens is 1. The lowest BCUT2D eigenvalue weighted by molar-refractivity contribution is 0.0193. The molecule has 0 unspecified atom stereocenters. The van der Waals surface area contributed by atoms with E-state index in [0.29, 0.717) is 16.5 Å². The van der Waals surface area contributed by atoms with E-state index in [-0.39, 0.29) is 24.3 Å². The maximum absolute atomic E-state index is 9.72. The van der Waals surface area contributed by atoms with Crippen LogP contribution in [0.25, 0.3) is 33.7 Å². The second-order valence-corrected chi connectivity index (χ2v) is 9.05. The van der Waals surface area contributed by atoms with E-state index in [0.717, 1.165) is 47.6 Å². The van der Waals surface area contributed by atoms with Gasteiger partial charge in [-0.25, -0.2) is 0 Å². The zero-order chi connectivity index (χ0) is 23.5. The SMILES string of the molecule is CCCCN1CC(Oc2ccc(-c3c(-c4ccccc4Cl)noc3-c3ccc(O)cc3)cc2)C1.Cl. The molecule has 0 aliphatic carbocycles. The molecule has 0 spiro atoms. The van der Waals surface area contributed by atoms with Gasteiger partial charge in [-0.3, -0.25) is 4.90 Å². The van der Waals surface area contributed by atoms with Crippen LogP contribution in [0.5, 0.6) is 11.5 Å². The van der Waals surface area contributed by atoms with Crippen LogP contribution in [0.4, 0.5) is 0 Å². The number of rotatable bonds is 8. The van der Waals surface area contributed by atoms with Gasteiger partial charge in [-0.15, -0.1) is 12.4 Å². The third kappa shape index (κ3) is 5.48. The third-order valence-corrected chi connectivity index (χ3v) is 6.48. The Morgan fingerprint density at radius 1 is 1.00 bits per heavy atom. The first kappa shape index (κ1) is 25.1. The molecule has 0 saturated carbocycles. The predicted octanol–water partition coefficient (Wildman–Crippen LogP) is 7.32. The number of nitrogens with zero attached hydrogens (tertiary/aromatic N) is 2. The van der Waals surface area contributed by atoms with E-state index in [1.165, 1.54) is 12.8 Å². The summed E-state index contributed by atoms with van der Waals surface area (Å²) in [5.41, 5.74) is 4.09. The van der Waals surface area contributed by atoms with Gasteiger partial charge >= 0.3 is 0 Å². The number of likely N-dealkylation sites (tertiary alicyclic amines) is 1. The number of unbranched alkanes of at least 4 members (excludes halogenated alkanes) is 1. The molecule has 35 heavy (non-hydrogen) atoms. The average molecular weight is 511 g/mol. The Morgan fingerprint density at radius 3 is 2.37 bits per heavy atom. The van der Waals surface area contributed by atoms with Gasteiger partial charge in [0.15, 0.2) is 5.76 Å². The Balaban J connectivity index is 0.00000289. The molecule has 0 bridgehead atoms. The van der Waals surface area contributed by atoms with Gasteiger partial charge in [0, 0.05) is 24.2 Å². The number of ether oxygens (including phenoxy) is 1. The van der Waals surface area contributed by atoms with Crippen LogP contribution in [0.15, 0.2) is 77.3 Å². The Labute approximate surface area is 216 Å². The van der Waals surface area contributed by atoms with Gasteiger partial charge in [0.2, 0.25) is 0 Å². The molecule has 4 aromatic rings. The van der Waals surface area contributed by atoms with E-state index in [4.69, 9.17) is 20.9 Å². The zero-order valence-electron chi connectivity index (χ0n) is 19.5. The van der Waals surface area contributed by atoms with Crippen molar-refractivity contribution in [2.24, 2.45) is 0 Å². The lowest BCUT2D eigenvalue weighted by Crippen LogP contribution is -2.53. The van der Waals surface area contributed by atoms with Crippen molar-refractivity contribution >= 4 is 24.0 Å². The fourth-order valence-electron chi connectivity index (χ4n) is 4.26. The maximum Gasteiger partial charge on any atom is 0.175 e. The molecule has 5 nitrogen and oxygen atoms in total. The minimum absolute atomic E-state index is 0. The summed E-state index contributed by atoms with van der Waals surface area (Å²) in [5.74, 6) is 1.67. The Hall–Kier alpha value is -2.99. The van der Waals surface area contributed by atoms with Crippen LogP contribution in [-0.2, 0) is 0 Å². The highest BCUT2D eigenvalue weighted by Gasteiger charge is 2.28. The van der Waals surface area contributed by atoms with Gasteiger partial charge in [0.05, 0.1) is 10.6 Å². The quantitative estimate of drug-likeness (QED) is 0.269. The van der Waals surface area contributed by atoms with Crippen LogP contribution in [-0.4, -0.2) is 40.9 Å². The summed E-state index contributed by atoms with van der Waals surface area (Å²) in [4.78, 5) is 2.43. The molecule has 0 radical (unpaired) electrons. The molecule has 1 aliphatic heterocycles. The van der Waals surface area contributed by atoms with Gasteiger partial charge < -0.3 is 14.4 Å². The molecule has 0 atom stereocenters. The van der Waals surface area contributed by atoms with Crippen molar-refractivity contribution in [3.8, 4) is 45.2 Å². The summed E-state index contributed by atoms with van der Waals surface area (Å²) >= 11 is 6.50. The minimum Gasteiger partial charge on any atom is -0.508 e. The first-order valence-corrected chi connectivity index (χ1v) is 12.0. The lowest BCUT2D eigenvalue weighted by atomic mass is 9.96. The Kier molecular flexibility index (Phi) is 8.01. The lowest BCUT2D eigenvalue weighted by Gasteiger charge is -2.39. The standard InChI is InChI=1S/C28H27ClN2O3.ClH/c1-2-3-16-31-17-23(18-31)33-22-14-10-19(11-15-22)26-27(24-6-4-5-7-25(24)29)30-34-28(26)20-8-12-21(32)13-9-20;/h4-15,23,32H,2-3,16-18H2,1H3;1H. The van der Waals surface area contributed by atoms with Gasteiger partial charge in [0.1, 0.15) is 23.3 Å². The second kappa shape index (κ2) is 11.2. The summed E-state index contributed by atoms with van der Waals surface area (Å²) in [6.45, 7) is 5.33. The summed E-state index contributed by atoms with van der Waals surface area (Å²) in [7, 11) is 0. The van der Waals surface area contributed by atoms with Crippen molar-refractivity contribution in [1.29, 1.82) is 0 Å². The minimum atomic E-state index is 0. The molecule has 3 aromatic carbocycles. The van der Waals surface area contributed by atoms with Crippen LogP contribution in [0.3, 0.4) is 0 Å². The van der Waals surface area contributed by atoms with Crippen molar-refractivity contribution in [2.75, 3.05) is 19.6 Å². The summed E-state index contributed by atoms with van der Waals surface area (Å²) < 4.78 is 12.0. The topological polar surface area (TPSA) is 58.7 Å². The van der Waals surface area contributed by atoms with Crippen LogP contribution in [0.1, 0.15) is 19.8 Å². The van der Waals surface area contributed by atoms with E-state index in [2.05, 4.69) is 17.0 Å². The van der Waals surface area contributed by atoms with E-state index in [1.807, 2.05) is 60.7 Å². The fourth-order valence-corrected chi connectivity index (χ4v) is 4.48. The van der Waals surface area contributed by atoms with Crippen molar-refractivity contribution < 1.29 is 14.4 Å². The van der Waals surface area contributed by atoms with Crippen LogP contribution < -0.4 is 4.74 Å². The molecular formula is C28H28Cl2N2O3. The van der Waals surface area contributed by atoms with Gasteiger partial charge in [-0.2, -0.15) is 0 Å². The number of hydrogen-bond acceptors (Lipinski definition) is 5. The summed E-state index contributed by atoms with van der Waals surface area (Å²) in [6, 6.07) is 22.5. The predicted molar refractivity (Wildman–Crippen MR) is 142 cm³/mol. The van der Waals surface area contributed by atoms with Crippen LogP contribution in [0, 0.1) is 0 Å². The summed E-state index contributed by atoms with van der Waals surface area (Å²) in [5, 5.41) is 14.7. The Bertz CT molecular complexity index is 1250. The van der Waals surface area contributed by atoms with E-state index in [1.54, 1.807) is 12.1 Å². The number of hydrogen-bond donors (Lipinski definition) is 1. The molecule has 0 amide bonds. The molecule has 1 saturated heterocycles. The third-order valence-electron chi connectivity index (χ3n) is 6.15. The van der Waals surface area contributed by atoms with Gasteiger partial charge in [-0.1, -0.05) is 60.4 Å². The molecule has 1 fully saturated rings. The van der Waals surface area contributed by atoms with E-state index < -0.39 is 0 Å². The van der Waals surface area contributed by atoms with Crippen molar-refractivity contribution in [3.63, 3.8) is 0 Å². The molecule has 2 heterocycles. The number of halogens is 2. The largest absolute Gasteiger partial charge is 0.508 e. The Morgan fingerprint density at radius 2 is 1.69 bits per heavy atom. The second-order valence-electron chi connectivity index (χ2n) is 8.64. The van der Waals surface area contributed by atoms with Gasteiger partial charge in [0.25, 0.3) is 0 Å². The smallest absolute Gasteiger partial charge is 0.175 e. The normalized spacial score (nSPS) is 13.8. The number of aromatic hydroxyl groups is 1. The monoisotopic (exact) mass is 510 g/mol. The molecular weight excluding hydrogens is 483 g/mol. The van der Waals surface area contributed by atoms with E-state index >= 15 is 0 Å². The van der Waals surface area contributed by atoms with E-state index in [9.17, 15) is 5.11 Å². The first-order chi connectivity index (χ1) is 16.6.